The highest BCUT2D eigenvalue weighted by molar-refractivity contribution is 6.36. The van der Waals surface area contributed by atoms with E-state index in [0.29, 0.717) is 84.2 Å². The van der Waals surface area contributed by atoms with E-state index in [9.17, 15) is 20.0 Å². The number of oxazole rings is 1. The van der Waals surface area contributed by atoms with E-state index in [0.717, 1.165) is 45.6 Å². The second-order valence-electron chi connectivity index (χ2n) is 13.5. The number of rotatable bonds is 7. The van der Waals surface area contributed by atoms with Crippen LogP contribution in [0.3, 0.4) is 0 Å². The maximum absolute atomic E-state index is 13.5. The Bertz CT molecular complexity index is 2190. The number of anilines is 1. The van der Waals surface area contributed by atoms with Crippen molar-refractivity contribution in [3.05, 3.63) is 87.5 Å². The summed E-state index contributed by atoms with van der Waals surface area (Å²) in [7, 11) is 3.94. The van der Waals surface area contributed by atoms with Crippen molar-refractivity contribution in [2.75, 3.05) is 25.5 Å². The van der Waals surface area contributed by atoms with Crippen molar-refractivity contribution in [1.82, 2.24) is 24.3 Å². The second-order valence-corrected chi connectivity index (χ2v) is 13.8. The third kappa shape index (κ3) is 6.15. The molecule has 12 heteroatoms. The van der Waals surface area contributed by atoms with Crippen LogP contribution >= 0.6 is 11.6 Å². The number of nitrogens with one attached hydrogen (secondary N) is 1. The summed E-state index contributed by atoms with van der Waals surface area (Å²) in [6.45, 7) is 6.79. The maximum atomic E-state index is 13.5. The van der Waals surface area contributed by atoms with Crippen LogP contribution in [0.25, 0.3) is 33.7 Å². The van der Waals surface area contributed by atoms with Crippen molar-refractivity contribution in [2.45, 2.75) is 52.2 Å². The van der Waals surface area contributed by atoms with Crippen LogP contribution in [0.4, 0.5) is 5.69 Å². The zero-order valence-corrected chi connectivity index (χ0v) is 29.2. The van der Waals surface area contributed by atoms with Crippen LogP contribution in [-0.2, 0) is 31.4 Å². The zero-order valence-electron chi connectivity index (χ0n) is 28.5. The predicted octanol–water partition coefficient (Wildman–Crippen LogP) is 6.65. The van der Waals surface area contributed by atoms with Crippen LogP contribution in [-0.4, -0.2) is 67.5 Å². The average molecular weight is 692 g/mol. The Balaban J connectivity index is 1.15. The lowest BCUT2D eigenvalue weighted by Crippen LogP contribution is -2.35. The van der Waals surface area contributed by atoms with Gasteiger partial charge in [0.1, 0.15) is 11.6 Å². The standard InChI is InChI=1S/C38H38ClN7O4/c1-21-15-32-31(20-44(21)3)41-35(45(32)4)36(47)42-29-10-6-9-28(33(29)39)26-7-5-8-27(22(26)2)37-43-30-17-23(16-25(18-40)34(30)50-37)19-46-13-11-24(12-14-46)38(48)49/h5-10,16-17,21,24H,11-15,19-20H2,1-4H3,(H,42,47)(H,48,49). The van der Waals surface area contributed by atoms with E-state index < -0.39 is 5.97 Å². The van der Waals surface area contributed by atoms with Gasteiger partial charge in [-0.3, -0.25) is 19.4 Å². The van der Waals surface area contributed by atoms with E-state index in [-0.39, 0.29) is 11.8 Å². The monoisotopic (exact) mass is 691 g/mol. The Morgan fingerprint density at radius 2 is 1.80 bits per heavy atom. The highest BCUT2D eigenvalue weighted by Crippen LogP contribution is 2.39. The Labute approximate surface area is 295 Å². The minimum Gasteiger partial charge on any atom is -0.481 e. The van der Waals surface area contributed by atoms with Gasteiger partial charge < -0.3 is 19.4 Å². The van der Waals surface area contributed by atoms with Crippen molar-refractivity contribution >= 4 is 40.3 Å². The molecule has 1 fully saturated rings. The number of imidazole rings is 1. The number of nitrogens with zero attached hydrogens (tertiary/aromatic N) is 6. The van der Waals surface area contributed by atoms with Crippen LogP contribution < -0.4 is 5.32 Å². The molecular weight excluding hydrogens is 654 g/mol. The molecule has 1 saturated heterocycles. The normalized spacial score (nSPS) is 17.1. The highest BCUT2D eigenvalue weighted by atomic mass is 35.5. The first kappa shape index (κ1) is 33.5. The summed E-state index contributed by atoms with van der Waals surface area (Å²) in [5.41, 5.74) is 8.00. The molecule has 0 aliphatic carbocycles. The van der Waals surface area contributed by atoms with Crippen LogP contribution in [0.1, 0.15) is 58.5 Å². The number of carboxylic acids is 1. The summed E-state index contributed by atoms with van der Waals surface area (Å²) in [5, 5.41) is 22.7. The summed E-state index contributed by atoms with van der Waals surface area (Å²) in [5.74, 6) is -0.647. The van der Waals surface area contributed by atoms with E-state index in [2.05, 4.69) is 40.1 Å². The molecular formula is C38H38ClN7O4. The van der Waals surface area contributed by atoms with Gasteiger partial charge in [-0.25, -0.2) is 9.97 Å². The number of benzene rings is 3. The number of carboxylic acid groups (broad SMARTS) is 1. The number of fused-ring (bicyclic) bond motifs is 2. The molecule has 0 saturated carbocycles. The van der Waals surface area contributed by atoms with Gasteiger partial charge in [-0.1, -0.05) is 35.9 Å². The molecule has 4 heterocycles. The third-order valence-electron chi connectivity index (χ3n) is 10.3. The molecule has 50 heavy (non-hydrogen) atoms. The first-order valence-electron chi connectivity index (χ1n) is 16.8. The summed E-state index contributed by atoms with van der Waals surface area (Å²) in [4.78, 5) is 38.8. The van der Waals surface area contributed by atoms with Gasteiger partial charge in [-0.2, -0.15) is 5.26 Å². The second kappa shape index (κ2) is 13.4. The molecule has 1 atom stereocenters. The fraction of sp³-hybridized carbons (Fsp3) is 0.342. The fourth-order valence-corrected chi connectivity index (χ4v) is 7.43. The molecule has 2 aliphatic rings. The molecule has 2 N–H and O–H groups in total. The molecule has 0 bridgehead atoms. The Hall–Kier alpha value is -5.02. The molecule has 0 spiro atoms. The van der Waals surface area contributed by atoms with Gasteiger partial charge in [0, 0.05) is 49.4 Å². The van der Waals surface area contributed by atoms with E-state index in [1.54, 1.807) is 6.07 Å². The molecule has 0 radical (unpaired) electrons. The minimum atomic E-state index is -0.740. The Kier molecular flexibility index (Phi) is 8.95. The van der Waals surface area contributed by atoms with Gasteiger partial charge >= 0.3 is 5.97 Å². The number of halogens is 1. The highest BCUT2D eigenvalue weighted by Gasteiger charge is 2.28. The van der Waals surface area contributed by atoms with E-state index in [1.165, 1.54) is 0 Å². The molecule has 1 amide bonds. The van der Waals surface area contributed by atoms with Crippen LogP contribution in [0.5, 0.6) is 0 Å². The number of carbonyl (C=O) groups excluding carboxylic acids is 1. The van der Waals surface area contributed by atoms with Gasteiger partial charge in [0.2, 0.25) is 5.89 Å². The summed E-state index contributed by atoms with van der Waals surface area (Å²) >= 11 is 6.99. The zero-order chi connectivity index (χ0) is 35.3. The SMILES string of the molecule is Cc1c(-c2nc3cc(CN4CCC(C(=O)O)CC4)cc(C#N)c3o2)cccc1-c1cccc(NC(=O)c2nc3c(n2C)CC(C)N(C)C3)c1Cl. The quantitative estimate of drug-likeness (QED) is 0.192. The average Bonchev–Trinajstić information content (AvgIpc) is 3.66. The molecule has 3 aromatic carbocycles. The molecule has 2 aliphatic heterocycles. The third-order valence-corrected chi connectivity index (χ3v) is 10.7. The van der Waals surface area contributed by atoms with Crippen molar-refractivity contribution in [3.63, 3.8) is 0 Å². The van der Waals surface area contributed by atoms with Crippen molar-refractivity contribution in [3.8, 4) is 28.7 Å². The Morgan fingerprint density at radius 3 is 2.54 bits per heavy atom. The van der Waals surface area contributed by atoms with E-state index >= 15 is 0 Å². The molecule has 1 unspecified atom stereocenters. The number of aromatic nitrogens is 3. The largest absolute Gasteiger partial charge is 0.481 e. The molecule has 256 valence electrons. The fourth-order valence-electron chi connectivity index (χ4n) is 7.15. The Morgan fingerprint density at radius 1 is 1.08 bits per heavy atom. The number of amides is 1. The van der Waals surface area contributed by atoms with Gasteiger partial charge in [0.15, 0.2) is 11.4 Å². The first-order chi connectivity index (χ1) is 24.0. The maximum Gasteiger partial charge on any atom is 0.306 e. The van der Waals surface area contributed by atoms with E-state index in [1.807, 2.05) is 61.0 Å². The molecule has 11 nitrogen and oxygen atoms in total. The number of piperidine rings is 1. The lowest BCUT2D eigenvalue weighted by atomic mass is 9.96. The lowest BCUT2D eigenvalue weighted by Gasteiger charge is -2.30. The number of aliphatic carboxylic acids is 1. The van der Waals surface area contributed by atoms with Gasteiger partial charge in [-0.15, -0.1) is 0 Å². The molecule has 5 aromatic rings. The van der Waals surface area contributed by atoms with Crippen molar-refractivity contribution in [1.29, 1.82) is 5.26 Å². The number of hydrogen-bond donors (Lipinski definition) is 2. The lowest BCUT2D eigenvalue weighted by molar-refractivity contribution is -0.143. The van der Waals surface area contributed by atoms with Crippen molar-refractivity contribution < 1.29 is 19.1 Å². The predicted molar refractivity (Wildman–Crippen MR) is 191 cm³/mol. The minimum absolute atomic E-state index is 0.305. The van der Waals surface area contributed by atoms with Gasteiger partial charge in [0.05, 0.1) is 27.9 Å². The number of likely N-dealkylation sites (tertiary alicyclic amines) is 1. The van der Waals surface area contributed by atoms with Crippen LogP contribution in [0.2, 0.25) is 5.02 Å². The summed E-state index contributed by atoms with van der Waals surface area (Å²) in [6.07, 6.45) is 2.03. The number of nitriles is 1. The molecule has 2 aromatic heterocycles. The first-order valence-corrected chi connectivity index (χ1v) is 17.1. The van der Waals surface area contributed by atoms with Crippen LogP contribution in [0, 0.1) is 24.2 Å². The van der Waals surface area contributed by atoms with Crippen molar-refractivity contribution in [2.24, 2.45) is 13.0 Å². The number of likely N-dealkylation sites (N-methyl/N-ethyl adjacent to an activating group) is 1. The molecule has 7 rings (SSSR count). The topological polar surface area (TPSA) is 141 Å². The number of hydrogen-bond acceptors (Lipinski definition) is 8. The van der Waals surface area contributed by atoms with Crippen LogP contribution in [0.15, 0.2) is 52.9 Å². The summed E-state index contributed by atoms with van der Waals surface area (Å²) in [6, 6.07) is 17.7. The van der Waals surface area contributed by atoms with Gasteiger partial charge in [-0.05, 0) is 87.8 Å². The number of carbonyl (C=O) groups is 2. The smallest absolute Gasteiger partial charge is 0.306 e. The van der Waals surface area contributed by atoms with E-state index in [4.69, 9.17) is 21.0 Å². The summed E-state index contributed by atoms with van der Waals surface area (Å²) < 4.78 is 8.11. The van der Waals surface area contributed by atoms with Gasteiger partial charge in [0.25, 0.3) is 5.91 Å².